The minimum atomic E-state index is 1.14. The van der Waals surface area contributed by atoms with Gasteiger partial charge in [-0.2, -0.15) is 0 Å². The summed E-state index contributed by atoms with van der Waals surface area (Å²) < 4.78 is 0. The molecule has 0 aliphatic rings. The summed E-state index contributed by atoms with van der Waals surface area (Å²) in [4.78, 5) is 4.50. The third-order valence-electron chi connectivity index (χ3n) is 1.97. The van der Waals surface area contributed by atoms with E-state index in [4.69, 9.17) is 0 Å². The normalized spacial score (nSPS) is 10.0. The van der Waals surface area contributed by atoms with E-state index in [1.807, 2.05) is 0 Å². The highest BCUT2D eigenvalue weighted by Crippen LogP contribution is 1.81. The highest BCUT2D eigenvalue weighted by Gasteiger charge is 1.89. The van der Waals surface area contributed by atoms with Crippen LogP contribution in [0.4, 0.5) is 0 Å². The summed E-state index contributed by atoms with van der Waals surface area (Å²) in [5.41, 5.74) is 0. The maximum atomic E-state index is 2.38. The van der Waals surface area contributed by atoms with Crippen molar-refractivity contribution in [3.05, 3.63) is 0 Å². The molecule has 0 atom stereocenters. The standard InChI is InChI=1S/C6H15N.C4H11N/c1-4-7(5-2)6-3;1-4-5(2)3/h4-6H2,1-3H3;4H2,1-3H3. The second kappa shape index (κ2) is 10.9. The van der Waals surface area contributed by atoms with Gasteiger partial charge in [0.25, 0.3) is 0 Å². The van der Waals surface area contributed by atoms with Crippen LogP contribution >= 0.6 is 0 Å². The molecule has 0 rings (SSSR count). The van der Waals surface area contributed by atoms with E-state index in [-0.39, 0.29) is 0 Å². The topological polar surface area (TPSA) is 6.48 Å². The first-order valence-electron chi connectivity index (χ1n) is 4.99. The molecule has 0 aromatic carbocycles. The Balaban J connectivity index is 0. The van der Waals surface area contributed by atoms with Crippen molar-refractivity contribution in [3.8, 4) is 0 Å². The van der Waals surface area contributed by atoms with Gasteiger partial charge in [0.15, 0.2) is 0 Å². The van der Waals surface area contributed by atoms with Crippen LogP contribution in [0, 0.1) is 0 Å². The lowest BCUT2D eigenvalue weighted by Gasteiger charge is -2.13. The third-order valence-corrected chi connectivity index (χ3v) is 1.97. The van der Waals surface area contributed by atoms with E-state index in [2.05, 4.69) is 51.6 Å². The van der Waals surface area contributed by atoms with Crippen LogP contribution in [0.25, 0.3) is 0 Å². The molecule has 0 N–H and O–H groups in total. The molecule has 0 unspecified atom stereocenters. The molecule has 12 heavy (non-hydrogen) atoms. The molecule has 0 saturated heterocycles. The zero-order valence-corrected chi connectivity index (χ0v) is 9.72. The molecule has 2 heteroatoms. The van der Waals surface area contributed by atoms with E-state index in [0.717, 1.165) is 6.54 Å². The van der Waals surface area contributed by atoms with Gasteiger partial charge in [-0.05, 0) is 40.3 Å². The van der Waals surface area contributed by atoms with Gasteiger partial charge in [0, 0.05) is 0 Å². The van der Waals surface area contributed by atoms with Gasteiger partial charge in [-0.1, -0.05) is 27.7 Å². The van der Waals surface area contributed by atoms with Crippen LogP contribution in [0.2, 0.25) is 0 Å². The van der Waals surface area contributed by atoms with Crippen molar-refractivity contribution in [2.24, 2.45) is 0 Å². The first-order chi connectivity index (χ1) is 5.62. The van der Waals surface area contributed by atoms with Crippen molar-refractivity contribution < 1.29 is 0 Å². The van der Waals surface area contributed by atoms with Crippen molar-refractivity contribution in [1.82, 2.24) is 9.80 Å². The average molecular weight is 174 g/mol. The number of hydrogen-bond donors (Lipinski definition) is 0. The molecule has 0 aromatic heterocycles. The minimum absolute atomic E-state index is 1.14. The van der Waals surface area contributed by atoms with E-state index in [1.54, 1.807) is 0 Å². The number of nitrogens with zero attached hydrogens (tertiary/aromatic N) is 2. The summed E-state index contributed by atoms with van der Waals surface area (Å²) in [5.74, 6) is 0. The Kier molecular flexibility index (Phi) is 13.1. The molecule has 0 spiro atoms. The molecule has 76 valence electrons. The summed E-state index contributed by atoms with van der Waals surface area (Å²) >= 11 is 0. The van der Waals surface area contributed by atoms with Crippen molar-refractivity contribution in [3.63, 3.8) is 0 Å². The van der Waals surface area contributed by atoms with Crippen LogP contribution in [-0.4, -0.2) is 50.1 Å². The van der Waals surface area contributed by atoms with Crippen molar-refractivity contribution >= 4 is 0 Å². The molecular formula is C10H26N2. The quantitative estimate of drug-likeness (QED) is 0.642. The van der Waals surface area contributed by atoms with Gasteiger partial charge in [0.2, 0.25) is 0 Å². The molecular weight excluding hydrogens is 148 g/mol. The lowest BCUT2D eigenvalue weighted by Crippen LogP contribution is -2.21. The maximum Gasteiger partial charge on any atom is -0.00474 e. The zero-order chi connectivity index (χ0) is 9.98. The van der Waals surface area contributed by atoms with Crippen LogP contribution in [0.15, 0.2) is 0 Å². The Labute approximate surface area is 78.5 Å². The molecule has 0 heterocycles. The molecule has 2 nitrogen and oxygen atoms in total. The van der Waals surface area contributed by atoms with Gasteiger partial charge in [-0.3, -0.25) is 0 Å². The van der Waals surface area contributed by atoms with Crippen LogP contribution in [0.3, 0.4) is 0 Å². The van der Waals surface area contributed by atoms with Gasteiger partial charge in [0.05, 0.1) is 0 Å². The summed E-state index contributed by atoms with van der Waals surface area (Å²) in [5, 5.41) is 0. The molecule has 0 fully saturated rings. The summed E-state index contributed by atoms with van der Waals surface area (Å²) in [6.45, 7) is 13.4. The fraction of sp³-hybridized carbons (Fsp3) is 1.00. The molecule has 0 aliphatic heterocycles. The number of rotatable bonds is 4. The van der Waals surface area contributed by atoms with Crippen LogP contribution < -0.4 is 0 Å². The fourth-order valence-electron chi connectivity index (χ4n) is 0.671. The average Bonchev–Trinajstić information content (AvgIpc) is 2.09. The molecule has 0 aromatic rings. The molecule has 0 radical (unpaired) electrons. The Hall–Kier alpha value is -0.0800. The Morgan fingerprint density at radius 3 is 0.917 bits per heavy atom. The maximum absolute atomic E-state index is 2.38. The fourth-order valence-corrected chi connectivity index (χ4v) is 0.671. The molecule has 0 saturated carbocycles. The Bertz CT molecular complexity index is 62.7. The van der Waals surface area contributed by atoms with Gasteiger partial charge in [-0.25, -0.2) is 0 Å². The van der Waals surface area contributed by atoms with E-state index in [0.29, 0.717) is 0 Å². The van der Waals surface area contributed by atoms with Crippen LogP contribution in [0.1, 0.15) is 27.7 Å². The van der Waals surface area contributed by atoms with Crippen molar-refractivity contribution in [2.75, 3.05) is 40.3 Å². The Morgan fingerprint density at radius 1 is 0.667 bits per heavy atom. The monoisotopic (exact) mass is 174 g/mol. The van der Waals surface area contributed by atoms with Gasteiger partial charge >= 0.3 is 0 Å². The van der Waals surface area contributed by atoms with Crippen LogP contribution in [-0.2, 0) is 0 Å². The lowest BCUT2D eigenvalue weighted by molar-refractivity contribution is 0.321. The second-order valence-corrected chi connectivity index (χ2v) is 3.02. The first kappa shape index (κ1) is 14.4. The largest absolute Gasteiger partial charge is 0.310 e. The highest BCUT2D eigenvalue weighted by atomic mass is 15.1. The van der Waals surface area contributed by atoms with Crippen molar-refractivity contribution in [2.45, 2.75) is 27.7 Å². The Morgan fingerprint density at radius 2 is 0.917 bits per heavy atom. The summed E-state index contributed by atoms with van der Waals surface area (Å²) in [6, 6.07) is 0. The third kappa shape index (κ3) is 12.6. The zero-order valence-electron chi connectivity index (χ0n) is 9.72. The van der Waals surface area contributed by atoms with E-state index in [1.165, 1.54) is 19.6 Å². The molecule has 0 bridgehead atoms. The summed E-state index contributed by atoms with van der Waals surface area (Å²) in [7, 11) is 4.11. The van der Waals surface area contributed by atoms with Crippen molar-refractivity contribution in [1.29, 1.82) is 0 Å². The van der Waals surface area contributed by atoms with E-state index in [9.17, 15) is 0 Å². The molecule has 0 amide bonds. The highest BCUT2D eigenvalue weighted by molar-refractivity contribution is 4.43. The van der Waals surface area contributed by atoms with Crippen LogP contribution in [0.5, 0.6) is 0 Å². The number of hydrogen-bond acceptors (Lipinski definition) is 2. The predicted octanol–water partition coefficient (Wildman–Crippen LogP) is 1.92. The first-order valence-corrected chi connectivity index (χ1v) is 4.99. The SMILES string of the molecule is CCN(C)C.CCN(CC)CC. The van der Waals surface area contributed by atoms with Gasteiger partial charge < -0.3 is 9.80 Å². The van der Waals surface area contributed by atoms with Gasteiger partial charge in [0.1, 0.15) is 0 Å². The lowest BCUT2D eigenvalue weighted by atomic mass is 10.5. The summed E-state index contributed by atoms with van der Waals surface area (Å²) in [6.07, 6.45) is 0. The smallest absolute Gasteiger partial charge is 0.00474 e. The van der Waals surface area contributed by atoms with E-state index >= 15 is 0 Å². The second-order valence-electron chi connectivity index (χ2n) is 3.02. The molecule has 0 aliphatic carbocycles. The predicted molar refractivity (Wildman–Crippen MR) is 57.7 cm³/mol. The minimum Gasteiger partial charge on any atom is -0.310 e. The van der Waals surface area contributed by atoms with Gasteiger partial charge in [-0.15, -0.1) is 0 Å². The van der Waals surface area contributed by atoms with E-state index < -0.39 is 0 Å².